The average Bonchev–Trinajstić information content (AvgIpc) is 1.64. The monoisotopic (exact) mass is 150 g/mol. The smallest absolute Gasteiger partial charge is 0.0346 e. The van der Waals surface area contributed by atoms with E-state index in [0.29, 0.717) is 10.6 Å². The van der Waals surface area contributed by atoms with E-state index >= 15 is 0 Å². The minimum absolute atomic E-state index is 0.409. The predicted molar refractivity (Wildman–Crippen MR) is 40.9 cm³/mol. The minimum atomic E-state index is 0.409. The molecule has 0 nitrogen and oxygen atoms in total. The van der Waals surface area contributed by atoms with Crippen LogP contribution in [0.25, 0.3) is 0 Å². The highest BCUT2D eigenvalue weighted by Gasteiger charge is 2.16. The van der Waals surface area contributed by atoms with Crippen molar-refractivity contribution in [3.05, 3.63) is 0 Å². The fourth-order valence-corrected chi connectivity index (χ4v) is 2.04. The summed E-state index contributed by atoms with van der Waals surface area (Å²) in [4.78, 5) is 0. The highest BCUT2D eigenvalue weighted by Crippen LogP contribution is 2.25. The summed E-state index contributed by atoms with van der Waals surface area (Å²) in [6.45, 7) is 0. The van der Waals surface area contributed by atoms with E-state index in [9.17, 15) is 0 Å². The highest BCUT2D eigenvalue weighted by atomic mass is 35.5. The zero-order valence-electron chi connectivity index (χ0n) is 4.81. The second-order valence-corrected chi connectivity index (χ2v) is 3.77. The van der Waals surface area contributed by atoms with Crippen LogP contribution in [0.2, 0.25) is 0 Å². The molecule has 0 amide bonds. The first kappa shape index (κ1) is 6.76. The van der Waals surface area contributed by atoms with E-state index in [2.05, 4.69) is 12.6 Å². The Kier molecular flexibility index (Phi) is 2.51. The lowest BCUT2D eigenvalue weighted by Crippen LogP contribution is -2.14. The Morgan fingerprint density at radius 2 is 2.12 bits per heavy atom. The molecule has 0 radical (unpaired) electrons. The van der Waals surface area contributed by atoms with Crippen LogP contribution in [0.15, 0.2) is 0 Å². The van der Waals surface area contributed by atoms with Gasteiger partial charge in [0.25, 0.3) is 0 Å². The van der Waals surface area contributed by atoms with Crippen LogP contribution in [0.3, 0.4) is 0 Å². The van der Waals surface area contributed by atoms with E-state index in [1.54, 1.807) is 0 Å². The largest absolute Gasteiger partial charge is 0.176 e. The number of halogens is 1. The molecule has 1 aliphatic rings. The average molecular weight is 151 g/mol. The van der Waals surface area contributed by atoms with Gasteiger partial charge in [-0.05, 0) is 19.3 Å². The second-order valence-electron chi connectivity index (χ2n) is 2.42. The molecular weight excluding hydrogens is 140 g/mol. The first-order valence-corrected chi connectivity index (χ1v) is 4.06. The first-order chi connectivity index (χ1) is 3.79. The molecule has 0 aromatic rings. The maximum atomic E-state index is 5.86. The molecule has 2 unspecified atom stereocenters. The van der Waals surface area contributed by atoms with Crippen LogP contribution in [0.4, 0.5) is 0 Å². The van der Waals surface area contributed by atoms with Crippen LogP contribution in [0, 0.1) is 0 Å². The molecule has 1 fully saturated rings. The van der Waals surface area contributed by atoms with E-state index in [0.717, 1.165) is 6.42 Å². The Labute approximate surface area is 61.0 Å². The molecule has 2 heteroatoms. The maximum absolute atomic E-state index is 5.86. The molecule has 0 aromatic carbocycles. The Balaban J connectivity index is 2.23. The number of thiol groups is 1. The first-order valence-electron chi connectivity index (χ1n) is 3.11. The fourth-order valence-electron chi connectivity index (χ4n) is 1.11. The van der Waals surface area contributed by atoms with Crippen molar-refractivity contribution < 1.29 is 0 Å². The third-order valence-corrected chi connectivity index (χ3v) is 2.45. The third kappa shape index (κ3) is 1.87. The van der Waals surface area contributed by atoms with Gasteiger partial charge in [-0.3, -0.25) is 0 Å². The van der Waals surface area contributed by atoms with Crippen molar-refractivity contribution in [2.75, 3.05) is 0 Å². The molecule has 0 bridgehead atoms. The topological polar surface area (TPSA) is 0 Å². The number of hydrogen-bond donors (Lipinski definition) is 1. The summed E-state index contributed by atoms with van der Waals surface area (Å²) in [5.74, 6) is 0. The van der Waals surface area contributed by atoms with Crippen LogP contribution >= 0.6 is 24.2 Å². The number of rotatable bonds is 0. The van der Waals surface area contributed by atoms with Gasteiger partial charge >= 0.3 is 0 Å². The lowest BCUT2D eigenvalue weighted by Gasteiger charge is -2.20. The molecule has 0 aliphatic heterocycles. The van der Waals surface area contributed by atoms with Crippen LogP contribution in [-0.2, 0) is 0 Å². The third-order valence-electron chi connectivity index (χ3n) is 1.58. The molecular formula is C6H11ClS. The second kappa shape index (κ2) is 2.98. The summed E-state index contributed by atoms with van der Waals surface area (Å²) in [5.41, 5.74) is 0. The summed E-state index contributed by atoms with van der Waals surface area (Å²) < 4.78 is 0. The van der Waals surface area contributed by atoms with Crippen molar-refractivity contribution in [3.8, 4) is 0 Å². The zero-order valence-corrected chi connectivity index (χ0v) is 6.46. The lowest BCUT2D eigenvalue weighted by molar-refractivity contribution is 0.525. The molecule has 8 heavy (non-hydrogen) atoms. The van der Waals surface area contributed by atoms with Crippen molar-refractivity contribution in [2.24, 2.45) is 0 Å². The Hall–Kier alpha value is 0.640. The Morgan fingerprint density at radius 1 is 1.38 bits per heavy atom. The molecule has 0 aromatic heterocycles. The van der Waals surface area contributed by atoms with Crippen molar-refractivity contribution in [3.63, 3.8) is 0 Å². The SMILES string of the molecule is SC1CCCC(Cl)C1. The molecule has 2 atom stereocenters. The van der Waals surface area contributed by atoms with Gasteiger partial charge in [0.2, 0.25) is 0 Å². The molecule has 0 heterocycles. The van der Waals surface area contributed by atoms with Gasteiger partial charge in [0.05, 0.1) is 0 Å². The van der Waals surface area contributed by atoms with Crippen LogP contribution in [0.1, 0.15) is 25.7 Å². The van der Waals surface area contributed by atoms with Gasteiger partial charge in [0.1, 0.15) is 0 Å². The van der Waals surface area contributed by atoms with Crippen molar-refractivity contribution >= 4 is 24.2 Å². The predicted octanol–water partition coefficient (Wildman–Crippen LogP) is 2.47. The van der Waals surface area contributed by atoms with E-state index < -0.39 is 0 Å². The van der Waals surface area contributed by atoms with E-state index in [4.69, 9.17) is 11.6 Å². The quantitative estimate of drug-likeness (QED) is 0.398. The zero-order chi connectivity index (χ0) is 5.98. The van der Waals surface area contributed by atoms with Gasteiger partial charge in [-0.1, -0.05) is 6.42 Å². The Bertz CT molecular complexity index is 66.9. The standard InChI is InChI=1S/C6H11ClS/c7-5-2-1-3-6(8)4-5/h5-6,8H,1-4H2. The summed E-state index contributed by atoms with van der Waals surface area (Å²) in [7, 11) is 0. The van der Waals surface area contributed by atoms with E-state index in [1.165, 1.54) is 19.3 Å². The van der Waals surface area contributed by atoms with Crippen molar-refractivity contribution in [1.82, 2.24) is 0 Å². The highest BCUT2D eigenvalue weighted by molar-refractivity contribution is 7.80. The summed E-state index contributed by atoms with van der Waals surface area (Å²) >= 11 is 10.2. The molecule has 1 saturated carbocycles. The molecule has 0 saturated heterocycles. The van der Waals surface area contributed by atoms with E-state index in [-0.39, 0.29) is 0 Å². The minimum Gasteiger partial charge on any atom is -0.176 e. The summed E-state index contributed by atoms with van der Waals surface area (Å²) in [5, 5.41) is 0.984. The molecule has 0 spiro atoms. The van der Waals surface area contributed by atoms with E-state index in [1.807, 2.05) is 0 Å². The lowest BCUT2D eigenvalue weighted by atomic mass is 10.00. The van der Waals surface area contributed by atoms with Crippen LogP contribution in [0.5, 0.6) is 0 Å². The van der Waals surface area contributed by atoms with Crippen LogP contribution in [-0.4, -0.2) is 10.6 Å². The molecule has 0 N–H and O–H groups in total. The fraction of sp³-hybridized carbons (Fsp3) is 1.00. The van der Waals surface area contributed by atoms with Crippen molar-refractivity contribution in [1.29, 1.82) is 0 Å². The number of hydrogen-bond acceptors (Lipinski definition) is 1. The van der Waals surface area contributed by atoms with Gasteiger partial charge in [-0.15, -0.1) is 11.6 Å². The van der Waals surface area contributed by atoms with Gasteiger partial charge in [0, 0.05) is 10.6 Å². The normalized spacial score (nSPS) is 39.8. The van der Waals surface area contributed by atoms with Crippen LogP contribution < -0.4 is 0 Å². The number of alkyl halides is 1. The maximum Gasteiger partial charge on any atom is 0.0346 e. The molecule has 1 aliphatic carbocycles. The van der Waals surface area contributed by atoms with Gasteiger partial charge in [-0.25, -0.2) is 0 Å². The van der Waals surface area contributed by atoms with Gasteiger partial charge in [-0.2, -0.15) is 12.6 Å². The van der Waals surface area contributed by atoms with Gasteiger partial charge < -0.3 is 0 Å². The van der Waals surface area contributed by atoms with Crippen molar-refractivity contribution in [2.45, 2.75) is 36.3 Å². The van der Waals surface area contributed by atoms with Gasteiger partial charge in [0.15, 0.2) is 0 Å². The summed E-state index contributed by atoms with van der Waals surface area (Å²) in [6, 6.07) is 0. The summed E-state index contributed by atoms with van der Waals surface area (Å²) in [6.07, 6.45) is 4.82. The molecule has 1 rings (SSSR count). The molecule has 48 valence electrons. The Morgan fingerprint density at radius 3 is 2.50 bits per heavy atom.